The molecule has 6 rings (SSSR count). The fraction of sp³-hybridized carbons (Fsp3) is 0.200. The van der Waals surface area contributed by atoms with Crippen LogP contribution in [0.2, 0.25) is 5.02 Å². The van der Waals surface area contributed by atoms with E-state index in [2.05, 4.69) is 25.6 Å². The molecule has 1 atom stereocenters. The summed E-state index contributed by atoms with van der Waals surface area (Å²) in [6.07, 6.45) is 7.72. The van der Waals surface area contributed by atoms with Crippen molar-refractivity contribution >= 4 is 49.2 Å². The third-order valence-electron chi connectivity index (χ3n) is 7.91. The molecule has 0 spiro atoms. The third-order valence-corrected chi connectivity index (χ3v) is 8.96. The molecule has 1 aliphatic rings. The van der Waals surface area contributed by atoms with E-state index in [1.54, 1.807) is 62.0 Å². The minimum Gasteiger partial charge on any atom is -0.496 e. The highest BCUT2D eigenvalue weighted by molar-refractivity contribution is 7.73. The van der Waals surface area contributed by atoms with E-state index >= 15 is 0 Å². The first-order chi connectivity index (χ1) is 23.3. The zero-order valence-corrected chi connectivity index (χ0v) is 27.4. The van der Waals surface area contributed by atoms with Gasteiger partial charge in [0.15, 0.2) is 0 Å². The van der Waals surface area contributed by atoms with Crippen LogP contribution >= 0.6 is 11.6 Å². The predicted molar refractivity (Wildman–Crippen MR) is 183 cm³/mol. The Bertz CT molecular complexity index is 2100. The van der Waals surface area contributed by atoms with Gasteiger partial charge in [0, 0.05) is 48.3 Å². The van der Waals surface area contributed by atoms with Crippen LogP contribution in [0.5, 0.6) is 11.5 Å². The van der Waals surface area contributed by atoms with Crippen LogP contribution in [0.15, 0.2) is 97.7 Å². The SMILES string of the molecule is COc1cc2ncnc(Nc3ccc(OCc4cccc(F)c4)c(Cl)c3)c2cc1C1(CCNCC(c2ccccn2)=S(=O)=O)CC=CO1. The Morgan fingerprint density at radius 3 is 2.67 bits per heavy atom. The summed E-state index contributed by atoms with van der Waals surface area (Å²) in [5, 5.41) is 7.68. The highest BCUT2D eigenvalue weighted by Crippen LogP contribution is 2.44. The zero-order chi connectivity index (χ0) is 33.5. The van der Waals surface area contributed by atoms with Crippen LogP contribution < -0.4 is 20.1 Å². The molecule has 3 heterocycles. The predicted octanol–water partition coefficient (Wildman–Crippen LogP) is 6.36. The van der Waals surface area contributed by atoms with Gasteiger partial charge in [0.25, 0.3) is 0 Å². The second-order valence-electron chi connectivity index (χ2n) is 11.0. The summed E-state index contributed by atoms with van der Waals surface area (Å²) in [7, 11) is -0.836. The second-order valence-corrected chi connectivity index (χ2v) is 12.3. The highest BCUT2D eigenvalue weighted by Gasteiger charge is 2.38. The van der Waals surface area contributed by atoms with Crippen molar-refractivity contribution in [2.24, 2.45) is 0 Å². The molecular weight excluding hydrogens is 657 g/mol. The van der Waals surface area contributed by atoms with Gasteiger partial charge in [-0.2, -0.15) is 8.42 Å². The van der Waals surface area contributed by atoms with Gasteiger partial charge in [-0.15, -0.1) is 0 Å². The van der Waals surface area contributed by atoms with E-state index in [0.717, 1.165) is 10.9 Å². The Kier molecular flexibility index (Phi) is 10.1. The molecule has 3 aromatic carbocycles. The first kappa shape index (κ1) is 32.9. The van der Waals surface area contributed by atoms with Gasteiger partial charge < -0.3 is 24.8 Å². The maximum atomic E-state index is 13.6. The van der Waals surface area contributed by atoms with Crippen LogP contribution in [0.3, 0.4) is 0 Å². The van der Waals surface area contributed by atoms with E-state index < -0.39 is 15.9 Å². The Morgan fingerprint density at radius 2 is 1.94 bits per heavy atom. The number of halogens is 2. The summed E-state index contributed by atoms with van der Waals surface area (Å²) in [4.78, 5) is 13.3. The van der Waals surface area contributed by atoms with Gasteiger partial charge in [0.2, 0.25) is 10.3 Å². The molecule has 2 N–H and O–H groups in total. The summed E-state index contributed by atoms with van der Waals surface area (Å²) in [5.74, 6) is 1.26. The number of nitrogens with zero attached hydrogens (tertiary/aromatic N) is 3. The van der Waals surface area contributed by atoms with E-state index in [4.69, 9.17) is 25.8 Å². The van der Waals surface area contributed by atoms with E-state index in [1.807, 2.05) is 24.3 Å². The lowest BCUT2D eigenvalue weighted by atomic mass is 9.86. The van der Waals surface area contributed by atoms with Crippen molar-refractivity contribution in [1.29, 1.82) is 0 Å². The fourth-order valence-electron chi connectivity index (χ4n) is 5.52. The molecule has 0 radical (unpaired) electrons. The summed E-state index contributed by atoms with van der Waals surface area (Å²) >= 11 is 6.56. The Balaban J connectivity index is 1.22. The molecule has 0 saturated heterocycles. The van der Waals surface area contributed by atoms with Crippen molar-refractivity contribution in [3.63, 3.8) is 0 Å². The topological polar surface area (TPSA) is 125 Å². The number of nitrogens with one attached hydrogen (secondary N) is 2. The van der Waals surface area contributed by atoms with Crippen LogP contribution in [0, 0.1) is 5.82 Å². The molecule has 0 amide bonds. The van der Waals surface area contributed by atoms with Crippen LogP contribution in [0.25, 0.3) is 10.9 Å². The van der Waals surface area contributed by atoms with Crippen LogP contribution in [-0.2, 0) is 27.2 Å². The zero-order valence-electron chi connectivity index (χ0n) is 25.8. The van der Waals surface area contributed by atoms with Crippen LogP contribution in [0.1, 0.15) is 29.7 Å². The molecule has 48 heavy (non-hydrogen) atoms. The minimum atomic E-state index is -2.43. The number of aromatic nitrogens is 3. The molecular formula is C35H31ClFN5O5S. The average molecular weight is 688 g/mol. The molecule has 0 aliphatic carbocycles. The van der Waals surface area contributed by atoms with E-state index in [1.165, 1.54) is 18.5 Å². The van der Waals surface area contributed by atoms with Gasteiger partial charge in [-0.25, -0.2) is 14.4 Å². The monoisotopic (exact) mass is 687 g/mol. The van der Waals surface area contributed by atoms with Crippen LogP contribution in [-0.4, -0.2) is 48.4 Å². The van der Waals surface area contributed by atoms with Gasteiger partial charge in [0.1, 0.15) is 46.5 Å². The number of methoxy groups -OCH3 is 1. The molecule has 0 bridgehead atoms. The first-order valence-corrected chi connectivity index (χ1v) is 16.5. The first-order valence-electron chi connectivity index (χ1n) is 15.0. The standard InChI is InChI=1S/C35H31ClFN5O5S/c1-45-32-19-30-26(18-27(32)35(11-5-15-47-35)12-14-38-20-33(48(43)44)29-8-2-3-13-39-29)34(41-22-40-30)42-25-9-10-31(28(36)17-25)46-21-23-6-4-7-24(37)16-23/h2-10,13,15-19,22,38H,11-12,14,20-21H2,1H3,(H,40,41,42). The molecule has 10 nitrogen and oxygen atoms in total. The van der Waals surface area contributed by atoms with Crippen molar-refractivity contribution < 1.29 is 27.0 Å². The molecule has 0 saturated carbocycles. The summed E-state index contributed by atoms with van der Waals surface area (Å²) in [6.45, 7) is 0.727. The van der Waals surface area contributed by atoms with Gasteiger partial charge in [-0.3, -0.25) is 4.98 Å². The number of anilines is 2. The number of pyridine rings is 1. The van der Waals surface area contributed by atoms with Gasteiger partial charge in [-0.05, 0) is 66.7 Å². The van der Waals surface area contributed by atoms with E-state index in [-0.39, 0.29) is 23.8 Å². The Hall–Kier alpha value is -5.04. The lowest BCUT2D eigenvalue weighted by Crippen LogP contribution is -2.33. The van der Waals surface area contributed by atoms with Crippen molar-refractivity contribution in [2.45, 2.75) is 25.0 Å². The maximum Gasteiger partial charge on any atom is 0.220 e. The highest BCUT2D eigenvalue weighted by atomic mass is 35.5. The molecule has 246 valence electrons. The number of hydrogen-bond acceptors (Lipinski definition) is 10. The van der Waals surface area contributed by atoms with E-state index in [0.29, 0.717) is 64.2 Å². The number of hydrogen-bond donors (Lipinski definition) is 2. The molecule has 2 aromatic heterocycles. The van der Waals surface area contributed by atoms with Crippen molar-refractivity contribution in [2.75, 3.05) is 25.5 Å². The molecule has 13 heteroatoms. The number of ether oxygens (including phenoxy) is 3. The maximum absolute atomic E-state index is 13.6. The fourth-order valence-corrected chi connectivity index (χ4v) is 6.26. The average Bonchev–Trinajstić information content (AvgIpc) is 3.57. The quantitative estimate of drug-likeness (QED) is 0.0821. The Morgan fingerprint density at radius 1 is 1.04 bits per heavy atom. The van der Waals surface area contributed by atoms with Gasteiger partial charge in [0.05, 0.1) is 29.6 Å². The van der Waals surface area contributed by atoms with Crippen molar-refractivity contribution in [3.05, 3.63) is 125 Å². The third kappa shape index (κ3) is 7.41. The molecule has 5 aromatic rings. The normalized spacial score (nSPS) is 15.2. The number of benzene rings is 3. The summed E-state index contributed by atoms with van der Waals surface area (Å²) < 4.78 is 55.3. The molecule has 1 aliphatic heterocycles. The Labute approximate surface area is 283 Å². The van der Waals surface area contributed by atoms with Crippen LogP contribution in [0.4, 0.5) is 15.9 Å². The van der Waals surface area contributed by atoms with Gasteiger partial charge in [-0.1, -0.05) is 29.8 Å². The number of rotatable bonds is 13. The summed E-state index contributed by atoms with van der Waals surface area (Å²) in [6, 6.07) is 20.4. The lowest BCUT2D eigenvalue weighted by Gasteiger charge is -2.31. The number of fused-ring (bicyclic) bond motifs is 1. The lowest BCUT2D eigenvalue weighted by molar-refractivity contribution is 0.0308. The summed E-state index contributed by atoms with van der Waals surface area (Å²) in [5.41, 5.74) is 2.42. The molecule has 1 unspecified atom stereocenters. The minimum absolute atomic E-state index is 0.116. The molecule has 0 fully saturated rings. The smallest absolute Gasteiger partial charge is 0.220 e. The van der Waals surface area contributed by atoms with Crippen molar-refractivity contribution in [1.82, 2.24) is 20.3 Å². The second kappa shape index (κ2) is 14.8. The van der Waals surface area contributed by atoms with E-state index in [9.17, 15) is 12.8 Å². The van der Waals surface area contributed by atoms with Gasteiger partial charge >= 0.3 is 0 Å². The largest absolute Gasteiger partial charge is 0.496 e. The van der Waals surface area contributed by atoms with Crippen molar-refractivity contribution in [3.8, 4) is 11.5 Å².